The van der Waals surface area contributed by atoms with Gasteiger partial charge in [-0.25, -0.2) is 9.97 Å². The highest BCUT2D eigenvalue weighted by Gasteiger charge is 2.36. The van der Waals surface area contributed by atoms with Gasteiger partial charge in [0, 0.05) is 12.6 Å². The van der Waals surface area contributed by atoms with Crippen molar-refractivity contribution >= 4 is 11.6 Å². The molecule has 0 radical (unpaired) electrons. The first-order chi connectivity index (χ1) is 8.41. The lowest BCUT2D eigenvalue weighted by Gasteiger charge is -2.24. The van der Waals surface area contributed by atoms with E-state index in [4.69, 9.17) is 10.8 Å². The van der Waals surface area contributed by atoms with Crippen LogP contribution in [0, 0.1) is 0 Å². The first-order valence-electron chi connectivity index (χ1n) is 5.51. The molecule has 1 aliphatic rings. The van der Waals surface area contributed by atoms with Crippen LogP contribution in [0.25, 0.3) is 0 Å². The fraction of sp³-hybridized carbons (Fsp3) is 0.600. The molecule has 3 N–H and O–H groups in total. The molecule has 1 aromatic rings. The highest BCUT2D eigenvalue weighted by Crippen LogP contribution is 2.30. The molecule has 0 aromatic carbocycles. The second-order valence-corrected chi connectivity index (χ2v) is 4.14. The number of aliphatic hydroxyl groups excluding tert-OH is 1. The molecule has 0 aliphatic carbocycles. The first kappa shape index (κ1) is 12.9. The quantitative estimate of drug-likeness (QED) is 0.833. The number of nitrogen functional groups attached to an aromatic ring is 1. The normalized spacial score (nSPS) is 20.4. The first-order valence-corrected chi connectivity index (χ1v) is 5.51. The number of aliphatic hydroxyl groups is 1. The van der Waals surface area contributed by atoms with Gasteiger partial charge in [0.25, 0.3) is 0 Å². The second kappa shape index (κ2) is 4.60. The zero-order valence-electron chi connectivity index (χ0n) is 9.48. The minimum Gasteiger partial charge on any atom is -0.394 e. The number of alkyl halides is 3. The van der Waals surface area contributed by atoms with E-state index in [1.807, 2.05) is 0 Å². The molecule has 1 fully saturated rings. The van der Waals surface area contributed by atoms with Crippen LogP contribution in [0.5, 0.6) is 0 Å². The summed E-state index contributed by atoms with van der Waals surface area (Å²) in [4.78, 5) is 8.30. The van der Waals surface area contributed by atoms with Crippen LogP contribution in [0.1, 0.15) is 18.7 Å². The van der Waals surface area contributed by atoms with E-state index in [0.717, 1.165) is 12.8 Å². The van der Waals surface area contributed by atoms with Gasteiger partial charge < -0.3 is 15.7 Å². The van der Waals surface area contributed by atoms with Crippen LogP contribution >= 0.6 is 0 Å². The Balaban J connectivity index is 2.36. The minimum absolute atomic E-state index is 0.117. The Morgan fingerprint density at radius 3 is 2.78 bits per heavy atom. The fourth-order valence-corrected chi connectivity index (χ4v) is 2.05. The molecule has 1 unspecified atom stereocenters. The van der Waals surface area contributed by atoms with Gasteiger partial charge in [0.05, 0.1) is 12.6 Å². The van der Waals surface area contributed by atoms with E-state index in [2.05, 4.69) is 9.97 Å². The summed E-state index contributed by atoms with van der Waals surface area (Å²) in [7, 11) is 0. The molecule has 5 nitrogen and oxygen atoms in total. The van der Waals surface area contributed by atoms with Crippen LogP contribution < -0.4 is 10.6 Å². The van der Waals surface area contributed by atoms with Gasteiger partial charge in [0.1, 0.15) is 11.6 Å². The molecule has 1 saturated heterocycles. The van der Waals surface area contributed by atoms with E-state index in [-0.39, 0.29) is 24.3 Å². The molecule has 1 aliphatic heterocycles. The van der Waals surface area contributed by atoms with Crippen molar-refractivity contribution in [3.8, 4) is 0 Å². The Morgan fingerprint density at radius 2 is 2.17 bits per heavy atom. The SMILES string of the molecule is Nc1cc(N2CCCC2CO)nc(C(F)(F)F)n1. The van der Waals surface area contributed by atoms with Crippen LogP contribution in [0.3, 0.4) is 0 Å². The Hall–Kier alpha value is -1.57. The summed E-state index contributed by atoms with van der Waals surface area (Å²) in [6.07, 6.45) is -3.10. The number of nitrogens with two attached hydrogens (primary N) is 1. The number of hydrogen-bond acceptors (Lipinski definition) is 5. The third-order valence-corrected chi connectivity index (χ3v) is 2.87. The maximum absolute atomic E-state index is 12.6. The lowest BCUT2D eigenvalue weighted by molar-refractivity contribution is -0.144. The second-order valence-electron chi connectivity index (χ2n) is 4.14. The van der Waals surface area contributed by atoms with E-state index in [1.165, 1.54) is 6.07 Å². The van der Waals surface area contributed by atoms with Gasteiger partial charge in [-0.3, -0.25) is 0 Å². The largest absolute Gasteiger partial charge is 0.451 e. The summed E-state index contributed by atoms with van der Waals surface area (Å²) in [5, 5.41) is 9.16. The Bertz CT molecular complexity index is 438. The number of rotatable bonds is 2. The molecule has 1 aromatic heterocycles. The van der Waals surface area contributed by atoms with Gasteiger partial charge >= 0.3 is 6.18 Å². The van der Waals surface area contributed by atoms with Crippen LogP contribution in [-0.4, -0.2) is 34.3 Å². The molecular weight excluding hydrogens is 249 g/mol. The van der Waals surface area contributed by atoms with Crippen molar-refractivity contribution in [1.82, 2.24) is 9.97 Å². The van der Waals surface area contributed by atoms with Crippen LogP contribution in [0.15, 0.2) is 6.07 Å². The van der Waals surface area contributed by atoms with Gasteiger partial charge in [0.2, 0.25) is 5.82 Å². The van der Waals surface area contributed by atoms with E-state index in [0.29, 0.717) is 6.54 Å². The summed E-state index contributed by atoms with van der Waals surface area (Å²) in [6, 6.07) is 1.09. The highest BCUT2D eigenvalue weighted by atomic mass is 19.4. The van der Waals surface area contributed by atoms with Gasteiger partial charge in [-0.15, -0.1) is 0 Å². The molecule has 0 saturated carbocycles. The van der Waals surface area contributed by atoms with Crippen molar-refractivity contribution < 1.29 is 18.3 Å². The van der Waals surface area contributed by atoms with Crippen molar-refractivity contribution in [2.45, 2.75) is 25.1 Å². The number of nitrogens with zero attached hydrogens (tertiary/aromatic N) is 3. The fourth-order valence-electron chi connectivity index (χ4n) is 2.05. The number of anilines is 2. The predicted molar refractivity (Wildman–Crippen MR) is 58.9 cm³/mol. The minimum atomic E-state index is -4.63. The lowest BCUT2D eigenvalue weighted by atomic mass is 10.2. The van der Waals surface area contributed by atoms with Crippen LogP contribution in [0.4, 0.5) is 24.8 Å². The van der Waals surface area contributed by atoms with E-state index in [9.17, 15) is 13.2 Å². The Morgan fingerprint density at radius 1 is 1.44 bits per heavy atom. The standard InChI is InChI=1S/C10H13F3N4O/c11-10(12,13)9-15-7(14)4-8(16-9)17-3-1-2-6(17)5-18/h4,6,18H,1-3,5H2,(H2,14,15,16). The van der Waals surface area contributed by atoms with Crippen LogP contribution in [-0.2, 0) is 6.18 Å². The van der Waals surface area contributed by atoms with E-state index >= 15 is 0 Å². The molecule has 0 spiro atoms. The molecule has 18 heavy (non-hydrogen) atoms. The van der Waals surface area contributed by atoms with Crippen molar-refractivity contribution in [2.24, 2.45) is 0 Å². The third-order valence-electron chi connectivity index (χ3n) is 2.87. The average molecular weight is 262 g/mol. The zero-order chi connectivity index (χ0) is 13.3. The number of halogens is 3. The topological polar surface area (TPSA) is 75.3 Å². The molecule has 100 valence electrons. The third kappa shape index (κ3) is 2.47. The Labute approximate surface area is 101 Å². The van der Waals surface area contributed by atoms with Crippen molar-refractivity contribution in [2.75, 3.05) is 23.8 Å². The van der Waals surface area contributed by atoms with Crippen molar-refractivity contribution in [3.63, 3.8) is 0 Å². The molecule has 2 rings (SSSR count). The lowest BCUT2D eigenvalue weighted by Crippen LogP contribution is -2.33. The molecule has 0 amide bonds. The number of aromatic nitrogens is 2. The monoisotopic (exact) mass is 262 g/mol. The highest BCUT2D eigenvalue weighted by molar-refractivity contribution is 5.48. The molecule has 0 bridgehead atoms. The van der Waals surface area contributed by atoms with Gasteiger partial charge in [-0.2, -0.15) is 13.2 Å². The number of hydrogen-bond donors (Lipinski definition) is 2. The maximum atomic E-state index is 12.6. The maximum Gasteiger partial charge on any atom is 0.451 e. The summed E-state index contributed by atoms with van der Waals surface area (Å²) in [6.45, 7) is 0.435. The Kier molecular flexibility index (Phi) is 3.29. The molecule has 1 atom stereocenters. The van der Waals surface area contributed by atoms with Crippen molar-refractivity contribution in [1.29, 1.82) is 0 Å². The average Bonchev–Trinajstić information content (AvgIpc) is 2.74. The summed E-state index contributed by atoms with van der Waals surface area (Å²) < 4.78 is 37.7. The summed E-state index contributed by atoms with van der Waals surface area (Å²) >= 11 is 0. The zero-order valence-corrected chi connectivity index (χ0v) is 9.48. The van der Waals surface area contributed by atoms with E-state index in [1.54, 1.807) is 4.90 Å². The molecule has 8 heteroatoms. The van der Waals surface area contributed by atoms with Gasteiger partial charge in [-0.1, -0.05) is 0 Å². The predicted octanol–water partition coefficient (Wildman–Crippen LogP) is 1.04. The van der Waals surface area contributed by atoms with Gasteiger partial charge in [-0.05, 0) is 12.8 Å². The smallest absolute Gasteiger partial charge is 0.394 e. The van der Waals surface area contributed by atoms with Crippen molar-refractivity contribution in [3.05, 3.63) is 11.9 Å². The molecular formula is C10H13F3N4O. The van der Waals surface area contributed by atoms with Crippen LogP contribution in [0.2, 0.25) is 0 Å². The summed E-state index contributed by atoms with van der Waals surface area (Å²) in [5.74, 6) is -1.36. The van der Waals surface area contributed by atoms with Gasteiger partial charge in [0.15, 0.2) is 0 Å². The summed E-state index contributed by atoms with van der Waals surface area (Å²) in [5.41, 5.74) is 5.37. The molecule has 2 heterocycles. The van der Waals surface area contributed by atoms with E-state index < -0.39 is 12.0 Å².